The summed E-state index contributed by atoms with van der Waals surface area (Å²) in [6, 6.07) is 9.41. The fourth-order valence-electron chi connectivity index (χ4n) is 5.78. The zero-order valence-electron chi connectivity index (χ0n) is 24.0. The van der Waals surface area contributed by atoms with Crippen LogP contribution in [0.3, 0.4) is 0 Å². The van der Waals surface area contributed by atoms with Crippen LogP contribution in [0.15, 0.2) is 30.5 Å². The van der Waals surface area contributed by atoms with E-state index in [1.807, 2.05) is 22.9 Å². The van der Waals surface area contributed by atoms with Crippen molar-refractivity contribution in [2.45, 2.75) is 89.3 Å². The summed E-state index contributed by atoms with van der Waals surface area (Å²) in [7, 11) is 0. The third-order valence-corrected chi connectivity index (χ3v) is 8.10. The summed E-state index contributed by atoms with van der Waals surface area (Å²) in [5.74, 6) is 1.55. The number of hydrogen-bond donors (Lipinski definition) is 5. The number of hydrogen-bond acceptors (Lipinski definition) is 9. The van der Waals surface area contributed by atoms with E-state index in [2.05, 4.69) is 49.2 Å². The van der Waals surface area contributed by atoms with E-state index in [1.165, 1.54) is 44.9 Å². The van der Waals surface area contributed by atoms with Crippen LogP contribution in [-0.2, 0) is 13.0 Å². The molecule has 218 valence electrons. The van der Waals surface area contributed by atoms with Gasteiger partial charge in [0.05, 0.1) is 17.8 Å². The molecule has 0 radical (unpaired) electrons. The number of aromatic nitrogens is 5. The number of nitrogens with one attached hydrogen (secondary N) is 5. The normalized spacial score (nSPS) is 16.9. The predicted octanol–water partition coefficient (Wildman–Crippen LogP) is 3.72. The Hall–Kier alpha value is -2.82. The van der Waals surface area contributed by atoms with Gasteiger partial charge in [-0.15, -0.1) is 5.10 Å². The molecular formula is C30H48N10. The van der Waals surface area contributed by atoms with Crippen LogP contribution in [0.4, 0.5) is 11.8 Å². The maximum Gasteiger partial charge on any atom is 0.225 e. The largest absolute Gasteiger partial charge is 0.367 e. The molecule has 10 heteroatoms. The van der Waals surface area contributed by atoms with Crippen LogP contribution in [0.1, 0.15) is 69.9 Å². The van der Waals surface area contributed by atoms with E-state index in [0.29, 0.717) is 25.1 Å². The Morgan fingerprint density at radius 1 is 0.850 bits per heavy atom. The molecule has 5 N–H and O–H groups in total. The monoisotopic (exact) mass is 548 g/mol. The van der Waals surface area contributed by atoms with E-state index in [-0.39, 0.29) is 0 Å². The first-order valence-corrected chi connectivity index (χ1v) is 15.6. The average Bonchev–Trinajstić information content (AvgIpc) is 3.45. The van der Waals surface area contributed by atoms with Gasteiger partial charge in [-0.3, -0.25) is 4.68 Å². The number of piperidine rings is 1. The molecule has 1 saturated carbocycles. The smallest absolute Gasteiger partial charge is 0.225 e. The standard InChI is InChI=1S/C30H48N10/c1-2-9-24(10-3-1)33-18-7-6-16-31-17-8-11-26-23-40(39-38-26)22-21-34-30-36-28-13-5-4-12-27(28)29(37-30)35-25-14-19-32-20-15-25/h4-5,12-13,23-25,31-33H,1-3,6-11,14-22H2,(H2,34,35,36,37). The number of fused-ring (bicyclic) bond motifs is 1. The Morgan fingerprint density at radius 3 is 2.58 bits per heavy atom. The zero-order valence-corrected chi connectivity index (χ0v) is 24.0. The summed E-state index contributed by atoms with van der Waals surface area (Å²) in [4.78, 5) is 9.56. The van der Waals surface area contributed by atoms with Gasteiger partial charge in [-0.1, -0.05) is 36.6 Å². The van der Waals surface area contributed by atoms with Gasteiger partial charge in [0.15, 0.2) is 0 Å². The number of benzene rings is 1. The molecule has 2 fully saturated rings. The maximum absolute atomic E-state index is 4.82. The average molecular weight is 549 g/mol. The second-order valence-corrected chi connectivity index (χ2v) is 11.3. The second-order valence-electron chi connectivity index (χ2n) is 11.3. The highest BCUT2D eigenvalue weighted by Gasteiger charge is 2.16. The molecule has 1 saturated heterocycles. The molecule has 2 aliphatic rings. The van der Waals surface area contributed by atoms with E-state index in [1.54, 1.807) is 0 Å². The van der Waals surface area contributed by atoms with Crippen LogP contribution in [0, 0.1) is 0 Å². The molecule has 0 unspecified atom stereocenters. The second kappa shape index (κ2) is 15.8. The van der Waals surface area contributed by atoms with E-state index in [0.717, 1.165) is 86.9 Å². The Bertz CT molecular complexity index is 1140. The number of rotatable bonds is 16. The highest BCUT2D eigenvalue weighted by molar-refractivity contribution is 5.90. The molecule has 1 aliphatic heterocycles. The molecule has 0 atom stereocenters. The number of anilines is 2. The van der Waals surface area contributed by atoms with E-state index < -0.39 is 0 Å². The molecule has 0 bridgehead atoms. The summed E-state index contributed by atoms with van der Waals surface area (Å²) in [5.41, 5.74) is 2.00. The zero-order chi connectivity index (χ0) is 27.2. The minimum Gasteiger partial charge on any atom is -0.367 e. The van der Waals surface area contributed by atoms with Crippen LogP contribution in [-0.4, -0.2) is 76.3 Å². The van der Waals surface area contributed by atoms with Gasteiger partial charge in [-0.05, 0) is 96.2 Å². The topological polar surface area (TPSA) is 117 Å². The van der Waals surface area contributed by atoms with Gasteiger partial charge in [-0.2, -0.15) is 4.98 Å². The minimum absolute atomic E-state index is 0.435. The Balaban J connectivity index is 0.975. The van der Waals surface area contributed by atoms with E-state index in [4.69, 9.17) is 9.97 Å². The number of para-hydroxylation sites is 1. The highest BCUT2D eigenvalue weighted by Crippen LogP contribution is 2.24. The van der Waals surface area contributed by atoms with Crippen LogP contribution in [0.5, 0.6) is 0 Å². The lowest BCUT2D eigenvalue weighted by molar-refractivity contribution is 0.370. The lowest BCUT2D eigenvalue weighted by atomic mass is 9.95. The molecule has 2 aromatic heterocycles. The van der Waals surface area contributed by atoms with Crippen LogP contribution in [0.25, 0.3) is 10.9 Å². The fraction of sp³-hybridized carbons (Fsp3) is 0.667. The molecule has 5 rings (SSSR count). The van der Waals surface area contributed by atoms with Crippen LogP contribution < -0.4 is 26.6 Å². The van der Waals surface area contributed by atoms with Crippen LogP contribution in [0.2, 0.25) is 0 Å². The lowest BCUT2D eigenvalue weighted by Crippen LogP contribution is -2.35. The number of unbranched alkanes of at least 4 members (excludes halogenated alkanes) is 1. The van der Waals surface area contributed by atoms with Crippen molar-refractivity contribution in [2.75, 3.05) is 49.9 Å². The van der Waals surface area contributed by atoms with Gasteiger partial charge < -0.3 is 26.6 Å². The molecular weight excluding hydrogens is 500 g/mol. The third kappa shape index (κ3) is 9.11. The van der Waals surface area contributed by atoms with Crippen LogP contribution >= 0.6 is 0 Å². The van der Waals surface area contributed by atoms with Gasteiger partial charge in [-0.25, -0.2) is 4.98 Å². The van der Waals surface area contributed by atoms with Crippen molar-refractivity contribution in [3.8, 4) is 0 Å². The molecule has 1 aliphatic carbocycles. The Labute approximate surface area is 238 Å². The molecule has 3 aromatic rings. The van der Waals surface area contributed by atoms with Crippen molar-refractivity contribution in [3.05, 3.63) is 36.2 Å². The highest BCUT2D eigenvalue weighted by atomic mass is 15.4. The van der Waals surface area contributed by atoms with E-state index >= 15 is 0 Å². The van der Waals surface area contributed by atoms with E-state index in [9.17, 15) is 0 Å². The first kappa shape index (κ1) is 28.7. The molecule has 3 heterocycles. The summed E-state index contributed by atoms with van der Waals surface area (Å²) >= 11 is 0. The van der Waals surface area contributed by atoms with Crippen molar-refractivity contribution in [3.63, 3.8) is 0 Å². The first-order valence-electron chi connectivity index (χ1n) is 15.6. The van der Waals surface area contributed by atoms with Crippen molar-refractivity contribution >= 4 is 22.7 Å². The summed E-state index contributed by atoms with van der Waals surface area (Å²) in [6.07, 6.45) is 15.8. The van der Waals surface area contributed by atoms with Crippen molar-refractivity contribution in [2.24, 2.45) is 0 Å². The summed E-state index contributed by atoms with van der Waals surface area (Å²) < 4.78 is 1.91. The molecule has 10 nitrogen and oxygen atoms in total. The first-order chi connectivity index (χ1) is 19.8. The van der Waals surface area contributed by atoms with Gasteiger partial charge in [0.25, 0.3) is 0 Å². The third-order valence-electron chi connectivity index (χ3n) is 8.10. The fourth-order valence-corrected chi connectivity index (χ4v) is 5.78. The lowest BCUT2D eigenvalue weighted by Gasteiger charge is -2.25. The molecule has 0 amide bonds. The minimum atomic E-state index is 0.435. The van der Waals surface area contributed by atoms with Gasteiger partial charge >= 0.3 is 0 Å². The summed E-state index contributed by atoms with van der Waals surface area (Å²) in [5, 5.41) is 27.5. The predicted molar refractivity (Wildman–Crippen MR) is 163 cm³/mol. The number of nitrogens with zero attached hydrogens (tertiary/aromatic N) is 5. The maximum atomic E-state index is 4.82. The Morgan fingerprint density at radius 2 is 1.68 bits per heavy atom. The quantitative estimate of drug-likeness (QED) is 0.171. The van der Waals surface area contributed by atoms with Gasteiger partial charge in [0.2, 0.25) is 5.95 Å². The Kier molecular flexibility index (Phi) is 11.4. The van der Waals surface area contributed by atoms with Crippen molar-refractivity contribution < 1.29 is 0 Å². The molecule has 1 aromatic carbocycles. The summed E-state index contributed by atoms with van der Waals surface area (Å²) in [6.45, 7) is 6.77. The van der Waals surface area contributed by atoms with Crippen molar-refractivity contribution in [1.82, 2.24) is 40.9 Å². The van der Waals surface area contributed by atoms with Gasteiger partial charge in [0.1, 0.15) is 5.82 Å². The SMILES string of the molecule is c1ccc2c(NC3CCNCC3)nc(NCCn3cc(CCCNCCCCNC4CCCCC4)nn3)nc2c1. The molecule has 40 heavy (non-hydrogen) atoms. The molecule has 0 spiro atoms. The van der Waals surface area contributed by atoms with Gasteiger partial charge in [0, 0.05) is 30.2 Å². The van der Waals surface area contributed by atoms with Crippen molar-refractivity contribution in [1.29, 1.82) is 0 Å². The number of aryl methyl sites for hydroxylation is 1.